The van der Waals surface area contributed by atoms with Gasteiger partial charge in [-0.05, 0) is 55.7 Å². The average molecular weight is 592 g/mol. The molecule has 39 heavy (non-hydrogen) atoms. The summed E-state index contributed by atoms with van der Waals surface area (Å²) in [7, 11) is -2.81. The lowest BCUT2D eigenvalue weighted by atomic mass is 10.1. The molecule has 0 bridgehead atoms. The predicted octanol–water partition coefficient (Wildman–Crippen LogP) is 4.86. The van der Waals surface area contributed by atoms with E-state index in [2.05, 4.69) is 5.32 Å². The quantitative estimate of drug-likeness (QED) is 0.380. The van der Waals surface area contributed by atoms with Crippen molar-refractivity contribution in [2.45, 2.75) is 58.4 Å². The second-order valence-corrected chi connectivity index (χ2v) is 11.4. The molecule has 2 aromatic carbocycles. The molecule has 0 saturated heterocycles. The van der Waals surface area contributed by atoms with E-state index in [1.807, 2.05) is 6.92 Å². The largest absolute Gasteiger partial charge is 0.497 e. The van der Waals surface area contributed by atoms with Crippen molar-refractivity contribution in [2.75, 3.05) is 24.2 Å². The van der Waals surface area contributed by atoms with Crippen LogP contribution in [0.2, 0.25) is 5.02 Å². The summed E-state index contributed by atoms with van der Waals surface area (Å²) in [6.45, 7) is 4.42. The average Bonchev–Trinajstić information content (AvgIpc) is 2.86. The molecule has 0 fully saturated rings. The minimum absolute atomic E-state index is 0.0869. The molecule has 2 amide bonds. The van der Waals surface area contributed by atoms with Crippen LogP contribution in [-0.4, -0.2) is 57.1 Å². The minimum Gasteiger partial charge on any atom is -0.497 e. The van der Waals surface area contributed by atoms with Gasteiger partial charge in [0.25, 0.3) is 0 Å². The van der Waals surface area contributed by atoms with Gasteiger partial charge in [-0.1, -0.05) is 37.6 Å². The van der Waals surface area contributed by atoms with E-state index in [0.29, 0.717) is 28.1 Å². The smallest absolute Gasteiger partial charge is 0.416 e. The summed E-state index contributed by atoms with van der Waals surface area (Å²) < 4.78 is 71.4. The molecular weight excluding hydrogens is 559 g/mol. The monoisotopic (exact) mass is 591 g/mol. The SMILES string of the molecule is CC[C@@H](C)NC(=O)[C@H](CC)N(Cc1cccc(OC)c1)C(=O)CN(c1cc(C(F)(F)F)ccc1Cl)S(C)(=O)=O. The zero-order valence-corrected chi connectivity index (χ0v) is 24.0. The molecule has 216 valence electrons. The first-order valence-electron chi connectivity index (χ1n) is 12.2. The third-order valence-corrected chi connectivity index (χ3v) is 7.54. The van der Waals surface area contributed by atoms with Crippen LogP contribution in [-0.2, 0) is 32.3 Å². The molecule has 2 rings (SSSR count). The van der Waals surface area contributed by atoms with Crippen molar-refractivity contribution in [1.29, 1.82) is 0 Å². The van der Waals surface area contributed by atoms with E-state index in [4.69, 9.17) is 16.3 Å². The number of anilines is 1. The Bertz CT molecular complexity index is 1270. The first-order chi connectivity index (χ1) is 18.1. The Balaban J connectivity index is 2.56. The van der Waals surface area contributed by atoms with Crippen molar-refractivity contribution in [3.05, 3.63) is 58.6 Å². The zero-order valence-electron chi connectivity index (χ0n) is 22.4. The molecule has 2 aromatic rings. The van der Waals surface area contributed by atoms with Crippen molar-refractivity contribution >= 4 is 39.1 Å². The van der Waals surface area contributed by atoms with Crippen LogP contribution in [0, 0.1) is 0 Å². The van der Waals surface area contributed by atoms with Gasteiger partial charge < -0.3 is 15.0 Å². The lowest BCUT2D eigenvalue weighted by Gasteiger charge is -2.33. The third-order valence-electron chi connectivity index (χ3n) is 6.10. The molecule has 2 atom stereocenters. The van der Waals surface area contributed by atoms with Gasteiger partial charge >= 0.3 is 6.18 Å². The van der Waals surface area contributed by atoms with Gasteiger partial charge in [-0.3, -0.25) is 13.9 Å². The maximum Gasteiger partial charge on any atom is 0.416 e. The maximum absolute atomic E-state index is 13.7. The molecule has 0 spiro atoms. The number of sulfonamides is 1. The Labute approximate surface area is 232 Å². The van der Waals surface area contributed by atoms with E-state index in [9.17, 15) is 31.2 Å². The van der Waals surface area contributed by atoms with Crippen LogP contribution >= 0.6 is 11.6 Å². The van der Waals surface area contributed by atoms with Crippen molar-refractivity contribution < 1.29 is 35.9 Å². The highest BCUT2D eigenvalue weighted by Crippen LogP contribution is 2.36. The normalized spacial score (nSPS) is 13.4. The maximum atomic E-state index is 13.7. The first kappa shape index (κ1) is 32.2. The van der Waals surface area contributed by atoms with E-state index in [1.54, 1.807) is 38.1 Å². The second kappa shape index (κ2) is 13.4. The number of halogens is 4. The van der Waals surface area contributed by atoms with Crippen molar-refractivity contribution in [1.82, 2.24) is 10.2 Å². The summed E-state index contributed by atoms with van der Waals surface area (Å²) in [5.74, 6) is -0.737. The predicted molar refractivity (Wildman–Crippen MR) is 144 cm³/mol. The number of alkyl halides is 3. The Hall–Kier alpha value is -2.99. The zero-order chi connectivity index (χ0) is 29.5. The van der Waals surface area contributed by atoms with Crippen LogP contribution < -0.4 is 14.4 Å². The summed E-state index contributed by atoms with van der Waals surface area (Å²) in [6.07, 6.45) is -3.18. The number of benzene rings is 2. The number of hydrogen-bond acceptors (Lipinski definition) is 5. The van der Waals surface area contributed by atoms with Gasteiger partial charge in [-0.15, -0.1) is 0 Å². The molecule has 1 N–H and O–H groups in total. The van der Waals surface area contributed by atoms with Crippen LogP contribution in [0.3, 0.4) is 0 Å². The number of carbonyl (C=O) groups excluding carboxylic acids is 2. The lowest BCUT2D eigenvalue weighted by Crippen LogP contribution is -2.53. The highest BCUT2D eigenvalue weighted by molar-refractivity contribution is 7.92. The molecule has 0 aliphatic carbocycles. The van der Waals surface area contributed by atoms with E-state index in [0.717, 1.165) is 18.4 Å². The Kier molecular flexibility index (Phi) is 11.1. The summed E-state index contributed by atoms with van der Waals surface area (Å²) in [4.78, 5) is 28.1. The van der Waals surface area contributed by atoms with Gasteiger partial charge in [0.2, 0.25) is 21.8 Å². The minimum atomic E-state index is -4.77. The molecule has 13 heteroatoms. The van der Waals surface area contributed by atoms with Gasteiger partial charge in [-0.2, -0.15) is 13.2 Å². The van der Waals surface area contributed by atoms with Crippen LogP contribution in [0.4, 0.5) is 18.9 Å². The van der Waals surface area contributed by atoms with Gasteiger partial charge in [0.1, 0.15) is 18.3 Å². The highest BCUT2D eigenvalue weighted by Gasteiger charge is 2.35. The molecule has 0 aliphatic rings. The van der Waals surface area contributed by atoms with Crippen LogP contribution in [0.25, 0.3) is 0 Å². The number of hydrogen-bond donors (Lipinski definition) is 1. The summed E-state index contributed by atoms with van der Waals surface area (Å²) in [6, 6.07) is 7.81. The van der Waals surface area contributed by atoms with Gasteiger partial charge in [0, 0.05) is 12.6 Å². The molecule has 0 aromatic heterocycles. The molecule has 0 aliphatic heterocycles. The van der Waals surface area contributed by atoms with Gasteiger partial charge in [0.15, 0.2) is 0 Å². The van der Waals surface area contributed by atoms with E-state index >= 15 is 0 Å². The summed E-state index contributed by atoms with van der Waals surface area (Å²) in [5.41, 5.74) is -1.03. The number of methoxy groups -OCH3 is 1. The fourth-order valence-electron chi connectivity index (χ4n) is 3.80. The number of amides is 2. The topological polar surface area (TPSA) is 96.0 Å². The summed E-state index contributed by atoms with van der Waals surface area (Å²) in [5, 5.41) is 2.55. The fourth-order valence-corrected chi connectivity index (χ4v) is 4.93. The van der Waals surface area contributed by atoms with Gasteiger partial charge in [-0.25, -0.2) is 8.42 Å². The fraction of sp³-hybridized carbons (Fsp3) is 0.462. The Morgan fingerprint density at radius 3 is 2.31 bits per heavy atom. The Morgan fingerprint density at radius 2 is 1.77 bits per heavy atom. The second-order valence-electron chi connectivity index (χ2n) is 9.05. The molecule has 0 unspecified atom stereocenters. The standard InChI is InChI=1S/C26H33ClF3N3O5S/c1-6-17(3)31-25(35)22(7-2)32(15-18-9-8-10-20(13-18)38-4)24(34)16-33(39(5,36)37)23-14-19(26(28,29)30)11-12-21(23)27/h8-14,17,22H,6-7,15-16H2,1-5H3,(H,31,35)/t17-,22+/m1/s1. The summed E-state index contributed by atoms with van der Waals surface area (Å²) >= 11 is 6.11. The third kappa shape index (κ3) is 8.76. The number of nitrogens with zero attached hydrogens (tertiary/aromatic N) is 2. The number of nitrogens with one attached hydrogen (secondary N) is 1. The van der Waals surface area contributed by atoms with E-state index in [1.165, 1.54) is 12.0 Å². The molecule has 0 saturated carbocycles. The molecule has 8 nitrogen and oxygen atoms in total. The number of ether oxygens (including phenoxy) is 1. The van der Waals surface area contributed by atoms with E-state index < -0.39 is 51.9 Å². The number of rotatable bonds is 12. The Morgan fingerprint density at radius 1 is 1.10 bits per heavy atom. The highest BCUT2D eigenvalue weighted by atomic mass is 35.5. The van der Waals surface area contributed by atoms with Crippen molar-refractivity contribution in [3.63, 3.8) is 0 Å². The molecule has 0 heterocycles. The van der Waals surface area contributed by atoms with Crippen LogP contribution in [0.1, 0.15) is 44.7 Å². The molecule has 0 radical (unpaired) electrons. The number of carbonyl (C=O) groups is 2. The van der Waals surface area contributed by atoms with Crippen molar-refractivity contribution in [3.8, 4) is 5.75 Å². The molecular formula is C26H33ClF3N3O5S. The van der Waals surface area contributed by atoms with Gasteiger partial charge in [0.05, 0.1) is 29.6 Å². The first-order valence-corrected chi connectivity index (χ1v) is 14.4. The van der Waals surface area contributed by atoms with Crippen molar-refractivity contribution in [2.24, 2.45) is 0 Å². The van der Waals surface area contributed by atoms with Crippen LogP contribution in [0.15, 0.2) is 42.5 Å². The van der Waals surface area contributed by atoms with Crippen LogP contribution in [0.5, 0.6) is 5.75 Å². The lowest BCUT2D eigenvalue weighted by molar-refractivity contribution is -0.140. The van der Waals surface area contributed by atoms with E-state index in [-0.39, 0.29) is 24.0 Å².